The molecule has 0 spiro atoms. The fraction of sp³-hybridized carbons (Fsp3) is 0.308. The predicted octanol–water partition coefficient (Wildman–Crippen LogP) is 5.09. The largest absolute Gasteiger partial charge is 0.491 e. The lowest BCUT2D eigenvalue weighted by Crippen LogP contribution is -2.49. The van der Waals surface area contributed by atoms with Crippen LogP contribution in [0.25, 0.3) is 0 Å². The number of rotatable bonds is 9. The number of thiophene rings is 1. The van der Waals surface area contributed by atoms with Gasteiger partial charge in [-0.05, 0) is 53.8 Å². The minimum Gasteiger partial charge on any atom is -0.491 e. The second-order valence-electron chi connectivity index (χ2n) is 8.13. The number of hydrogen-bond donors (Lipinski definition) is 1. The number of nitrogens with one attached hydrogen (secondary N) is 1. The molecule has 1 aliphatic heterocycles. The summed E-state index contributed by atoms with van der Waals surface area (Å²) in [4.78, 5) is 31.1. The third kappa shape index (κ3) is 6.54. The highest BCUT2D eigenvalue weighted by molar-refractivity contribution is 7.10. The molecule has 0 aliphatic carbocycles. The Hall–Kier alpha value is -3.07. The molecule has 1 aliphatic rings. The van der Waals surface area contributed by atoms with Crippen LogP contribution in [0.4, 0.5) is 10.5 Å². The van der Waals surface area contributed by atoms with Crippen LogP contribution < -0.4 is 10.1 Å². The Morgan fingerprint density at radius 3 is 2.77 bits per heavy atom. The molecular formula is C26H28ClN3O4S. The first-order valence-electron chi connectivity index (χ1n) is 11.4. The van der Waals surface area contributed by atoms with Gasteiger partial charge >= 0.3 is 6.03 Å². The SMILES string of the molecule is COCCN(CC(=O)N1CCc2sccc2C1COc1ccccc1)C(=O)Nc1cccc(Cl)c1. The van der Waals surface area contributed by atoms with Crippen molar-refractivity contribution >= 4 is 40.6 Å². The number of hydrogen-bond acceptors (Lipinski definition) is 5. The summed E-state index contributed by atoms with van der Waals surface area (Å²) in [5.74, 6) is 0.616. The fourth-order valence-electron chi connectivity index (χ4n) is 4.04. The molecule has 0 radical (unpaired) electrons. The number of nitrogens with zero attached hydrogens (tertiary/aromatic N) is 2. The van der Waals surface area contributed by atoms with Crippen LogP contribution in [0.5, 0.6) is 5.75 Å². The maximum Gasteiger partial charge on any atom is 0.322 e. The summed E-state index contributed by atoms with van der Waals surface area (Å²) in [6, 6.07) is 17.9. The van der Waals surface area contributed by atoms with Crippen LogP contribution in [0.1, 0.15) is 16.5 Å². The van der Waals surface area contributed by atoms with Gasteiger partial charge in [0, 0.05) is 35.8 Å². The van der Waals surface area contributed by atoms with Gasteiger partial charge in [-0.2, -0.15) is 0 Å². The summed E-state index contributed by atoms with van der Waals surface area (Å²) in [6.45, 7) is 1.43. The number of carbonyl (C=O) groups excluding carboxylic acids is 2. The minimum atomic E-state index is -0.386. The molecule has 1 unspecified atom stereocenters. The second-order valence-corrected chi connectivity index (χ2v) is 9.57. The Balaban J connectivity index is 1.48. The van der Waals surface area contributed by atoms with Gasteiger partial charge in [0.1, 0.15) is 18.9 Å². The number of benzene rings is 2. The number of para-hydroxylation sites is 1. The van der Waals surface area contributed by atoms with Gasteiger partial charge in [0.25, 0.3) is 0 Å². The van der Waals surface area contributed by atoms with Crippen molar-refractivity contribution in [2.75, 3.05) is 45.3 Å². The van der Waals surface area contributed by atoms with Gasteiger partial charge in [0.2, 0.25) is 5.91 Å². The highest BCUT2D eigenvalue weighted by Crippen LogP contribution is 2.34. The topological polar surface area (TPSA) is 71.1 Å². The van der Waals surface area contributed by atoms with Gasteiger partial charge in [-0.15, -0.1) is 11.3 Å². The van der Waals surface area contributed by atoms with Crippen molar-refractivity contribution < 1.29 is 19.1 Å². The second kappa shape index (κ2) is 12.1. The maximum atomic E-state index is 13.5. The summed E-state index contributed by atoms with van der Waals surface area (Å²) in [5, 5.41) is 5.39. The van der Waals surface area contributed by atoms with Crippen molar-refractivity contribution in [1.29, 1.82) is 0 Å². The van der Waals surface area contributed by atoms with E-state index in [-0.39, 0.29) is 31.1 Å². The summed E-state index contributed by atoms with van der Waals surface area (Å²) in [7, 11) is 1.56. The average Bonchev–Trinajstić information content (AvgIpc) is 3.34. The molecule has 4 rings (SSSR count). The highest BCUT2D eigenvalue weighted by atomic mass is 35.5. The van der Waals surface area contributed by atoms with Gasteiger partial charge in [-0.1, -0.05) is 35.9 Å². The molecule has 35 heavy (non-hydrogen) atoms. The predicted molar refractivity (Wildman–Crippen MR) is 138 cm³/mol. The Bertz CT molecular complexity index is 1140. The van der Waals surface area contributed by atoms with E-state index in [0.29, 0.717) is 30.5 Å². The van der Waals surface area contributed by atoms with Crippen molar-refractivity contribution in [3.63, 3.8) is 0 Å². The monoisotopic (exact) mass is 513 g/mol. The summed E-state index contributed by atoms with van der Waals surface area (Å²) in [6.07, 6.45) is 0.785. The Kier molecular flexibility index (Phi) is 8.63. The van der Waals surface area contributed by atoms with E-state index < -0.39 is 0 Å². The lowest BCUT2D eigenvalue weighted by Gasteiger charge is -2.37. The molecule has 184 valence electrons. The first-order chi connectivity index (χ1) is 17.0. The summed E-state index contributed by atoms with van der Waals surface area (Å²) in [5.41, 5.74) is 1.67. The van der Waals surface area contributed by atoms with E-state index in [1.807, 2.05) is 35.2 Å². The number of halogens is 1. The molecule has 2 heterocycles. The zero-order chi connectivity index (χ0) is 24.6. The van der Waals surface area contributed by atoms with Gasteiger partial charge in [-0.25, -0.2) is 4.79 Å². The van der Waals surface area contributed by atoms with E-state index >= 15 is 0 Å². The molecule has 1 atom stereocenters. The number of carbonyl (C=O) groups is 2. The summed E-state index contributed by atoms with van der Waals surface area (Å²) >= 11 is 7.74. The van der Waals surface area contributed by atoms with Crippen molar-refractivity contribution in [3.8, 4) is 5.75 Å². The number of amides is 3. The van der Waals surface area contributed by atoms with Crippen LogP contribution in [0, 0.1) is 0 Å². The smallest absolute Gasteiger partial charge is 0.322 e. The third-order valence-electron chi connectivity index (χ3n) is 5.82. The van der Waals surface area contributed by atoms with E-state index in [2.05, 4.69) is 16.8 Å². The normalized spacial score (nSPS) is 14.8. The fourth-order valence-corrected chi connectivity index (χ4v) is 5.16. The molecule has 3 amide bonds. The molecule has 2 aromatic carbocycles. The molecular weight excluding hydrogens is 486 g/mol. The molecule has 7 nitrogen and oxygen atoms in total. The molecule has 1 N–H and O–H groups in total. The van der Waals surface area contributed by atoms with E-state index in [9.17, 15) is 9.59 Å². The molecule has 3 aromatic rings. The Morgan fingerprint density at radius 1 is 1.17 bits per heavy atom. The van der Waals surface area contributed by atoms with E-state index in [1.54, 1.807) is 42.7 Å². The number of anilines is 1. The van der Waals surface area contributed by atoms with Gasteiger partial charge in [0.05, 0.1) is 12.6 Å². The quantitative estimate of drug-likeness (QED) is 0.433. The lowest BCUT2D eigenvalue weighted by molar-refractivity contribution is -0.135. The van der Waals surface area contributed by atoms with E-state index in [4.69, 9.17) is 21.1 Å². The number of methoxy groups -OCH3 is 1. The number of ether oxygens (including phenoxy) is 2. The lowest BCUT2D eigenvalue weighted by atomic mass is 10.0. The molecule has 0 saturated heterocycles. The maximum absolute atomic E-state index is 13.5. The standard InChI is InChI=1S/C26H28ClN3O4S/c1-33-14-13-29(26(32)28-20-7-5-6-19(27)16-20)17-25(31)30-12-10-24-22(11-15-35-24)23(30)18-34-21-8-3-2-4-9-21/h2-9,11,15-16,23H,10,12-14,17-18H2,1H3,(H,28,32). The first kappa shape index (κ1) is 25.0. The highest BCUT2D eigenvalue weighted by Gasteiger charge is 2.33. The molecule has 0 fully saturated rings. The van der Waals surface area contributed by atoms with Crippen LogP contribution in [-0.4, -0.2) is 61.7 Å². The molecule has 1 aromatic heterocycles. The Labute approximate surface area is 214 Å². The van der Waals surface area contributed by atoms with Gasteiger partial charge in [0.15, 0.2) is 0 Å². The first-order valence-corrected chi connectivity index (χ1v) is 12.6. The van der Waals surface area contributed by atoms with Crippen LogP contribution in [0.15, 0.2) is 66.0 Å². The average molecular weight is 514 g/mol. The van der Waals surface area contributed by atoms with Crippen LogP contribution >= 0.6 is 22.9 Å². The van der Waals surface area contributed by atoms with Crippen molar-refractivity contribution in [3.05, 3.63) is 81.5 Å². The van der Waals surface area contributed by atoms with Gasteiger partial charge < -0.3 is 24.6 Å². The minimum absolute atomic E-state index is 0.0724. The summed E-state index contributed by atoms with van der Waals surface area (Å²) < 4.78 is 11.2. The molecule has 9 heteroatoms. The van der Waals surface area contributed by atoms with Crippen molar-refractivity contribution in [1.82, 2.24) is 9.80 Å². The Morgan fingerprint density at radius 2 is 2.00 bits per heavy atom. The van der Waals surface area contributed by atoms with Gasteiger partial charge in [-0.3, -0.25) is 4.79 Å². The van der Waals surface area contributed by atoms with E-state index in [0.717, 1.165) is 17.7 Å². The van der Waals surface area contributed by atoms with E-state index in [1.165, 1.54) is 9.78 Å². The molecule has 0 saturated carbocycles. The van der Waals surface area contributed by atoms with Crippen LogP contribution in [0.3, 0.4) is 0 Å². The number of fused-ring (bicyclic) bond motifs is 1. The zero-order valence-electron chi connectivity index (χ0n) is 19.5. The van der Waals surface area contributed by atoms with Crippen LogP contribution in [0.2, 0.25) is 5.02 Å². The van der Waals surface area contributed by atoms with Crippen molar-refractivity contribution in [2.24, 2.45) is 0 Å². The van der Waals surface area contributed by atoms with Crippen LogP contribution in [-0.2, 0) is 16.0 Å². The molecule has 0 bridgehead atoms. The zero-order valence-corrected chi connectivity index (χ0v) is 21.1. The number of urea groups is 1. The third-order valence-corrected chi connectivity index (χ3v) is 7.05. The van der Waals surface area contributed by atoms with Crippen molar-refractivity contribution in [2.45, 2.75) is 12.5 Å².